The number of fused-ring (bicyclic) bond motifs is 1. The Balaban J connectivity index is 1.61. The Morgan fingerprint density at radius 2 is 2.14 bits per heavy atom. The first-order valence-electron chi connectivity index (χ1n) is 7.43. The van der Waals surface area contributed by atoms with Gasteiger partial charge in [-0.25, -0.2) is 4.68 Å². The number of carbonyl (C=O) groups is 1. The third kappa shape index (κ3) is 2.79. The minimum Gasteiger partial charge on any atom is -0.349 e. The molecule has 0 saturated heterocycles. The highest BCUT2D eigenvalue weighted by Crippen LogP contribution is 2.16. The van der Waals surface area contributed by atoms with Gasteiger partial charge in [0.15, 0.2) is 0 Å². The summed E-state index contributed by atoms with van der Waals surface area (Å²) in [5.41, 5.74) is 3.26. The van der Waals surface area contributed by atoms with Crippen LogP contribution in [0, 0.1) is 6.92 Å². The lowest BCUT2D eigenvalue weighted by atomic mass is 10.2. The van der Waals surface area contributed by atoms with Gasteiger partial charge in [0.2, 0.25) is 0 Å². The minimum atomic E-state index is -0.238. The number of carbonyl (C=O) groups excluding carboxylic acids is 1. The smallest absolute Gasteiger partial charge is 0.271 e. The predicted molar refractivity (Wildman–Crippen MR) is 80.8 cm³/mol. The van der Waals surface area contributed by atoms with Gasteiger partial charge in [0, 0.05) is 25.4 Å². The first-order valence-corrected chi connectivity index (χ1v) is 7.43. The standard InChI is InChI=1S/C15H19N5O2/c1-10-8-13(17-19(10)2)15(22)16-6-7-20-14(21)9-11-4-3-5-12(11)18-20/h8-9H,3-7H2,1-2H3,(H,16,22). The summed E-state index contributed by atoms with van der Waals surface area (Å²) in [6, 6.07) is 3.40. The molecule has 1 N–H and O–H groups in total. The summed E-state index contributed by atoms with van der Waals surface area (Å²) in [4.78, 5) is 23.9. The van der Waals surface area contributed by atoms with Gasteiger partial charge in [-0.05, 0) is 37.8 Å². The summed E-state index contributed by atoms with van der Waals surface area (Å²) in [6.45, 7) is 2.60. The van der Waals surface area contributed by atoms with Crippen LogP contribution in [-0.2, 0) is 26.4 Å². The highest BCUT2D eigenvalue weighted by Gasteiger charge is 2.15. The molecule has 0 unspecified atom stereocenters. The van der Waals surface area contributed by atoms with Crippen molar-refractivity contribution in [1.82, 2.24) is 24.9 Å². The van der Waals surface area contributed by atoms with Crippen molar-refractivity contribution in [1.29, 1.82) is 0 Å². The summed E-state index contributed by atoms with van der Waals surface area (Å²) in [6.07, 6.45) is 2.92. The normalized spacial score (nSPS) is 13.2. The Morgan fingerprint density at radius 3 is 2.86 bits per heavy atom. The summed E-state index contributed by atoms with van der Waals surface area (Å²) < 4.78 is 3.08. The number of nitrogens with zero attached hydrogens (tertiary/aromatic N) is 4. The fourth-order valence-electron chi connectivity index (χ4n) is 2.64. The van der Waals surface area contributed by atoms with E-state index < -0.39 is 0 Å². The van der Waals surface area contributed by atoms with E-state index in [0.717, 1.165) is 36.2 Å². The van der Waals surface area contributed by atoms with Gasteiger partial charge in [0.05, 0.1) is 12.2 Å². The van der Waals surface area contributed by atoms with Crippen molar-refractivity contribution in [3.8, 4) is 0 Å². The van der Waals surface area contributed by atoms with Crippen molar-refractivity contribution < 1.29 is 4.79 Å². The first-order chi connectivity index (χ1) is 10.5. The number of aromatic nitrogens is 4. The van der Waals surface area contributed by atoms with E-state index in [1.165, 1.54) is 4.68 Å². The second-order valence-electron chi connectivity index (χ2n) is 5.58. The van der Waals surface area contributed by atoms with Gasteiger partial charge < -0.3 is 5.32 Å². The summed E-state index contributed by atoms with van der Waals surface area (Å²) in [7, 11) is 1.79. The van der Waals surface area contributed by atoms with Crippen LogP contribution in [0.25, 0.3) is 0 Å². The molecule has 0 aromatic carbocycles. The van der Waals surface area contributed by atoms with Crippen LogP contribution >= 0.6 is 0 Å². The van der Waals surface area contributed by atoms with Crippen LogP contribution in [0.2, 0.25) is 0 Å². The Kier molecular flexibility index (Phi) is 3.79. The zero-order valence-electron chi connectivity index (χ0n) is 12.8. The van der Waals surface area contributed by atoms with Gasteiger partial charge in [-0.15, -0.1) is 0 Å². The summed E-state index contributed by atoms with van der Waals surface area (Å²) in [5.74, 6) is -0.238. The van der Waals surface area contributed by atoms with E-state index >= 15 is 0 Å². The lowest BCUT2D eigenvalue weighted by molar-refractivity contribution is 0.0946. The zero-order valence-corrected chi connectivity index (χ0v) is 12.8. The van der Waals surface area contributed by atoms with E-state index in [1.807, 2.05) is 6.92 Å². The van der Waals surface area contributed by atoms with Crippen LogP contribution in [-0.4, -0.2) is 32.0 Å². The maximum absolute atomic E-state index is 12.0. The highest BCUT2D eigenvalue weighted by atomic mass is 16.2. The molecule has 3 rings (SSSR count). The number of hydrogen-bond acceptors (Lipinski definition) is 4. The van der Waals surface area contributed by atoms with E-state index in [9.17, 15) is 9.59 Å². The zero-order chi connectivity index (χ0) is 15.7. The van der Waals surface area contributed by atoms with Gasteiger partial charge in [-0.1, -0.05) is 0 Å². The van der Waals surface area contributed by atoms with Crippen molar-refractivity contribution in [3.05, 3.63) is 45.1 Å². The molecule has 7 heteroatoms. The third-order valence-electron chi connectivity index (χ3n) is 3.98. The van der Waals surface area contributed by atoms with Crippen molar-refractivity contribution in [3.63, 3.8) is 0 Å². The quantitative estimate of drug-likeness (QED) is 0.875. The SMILES string of the molecule is Cc1cc(C(=O)NCCn2nc3c(cc2=O)CCC3)nn1C. The van der Waals surface area contributed by atoms with Crippen LogP contribution in [0.4, 0.5) is 0 Å². The first kappa shape index (κ1) is 14.5. The fourth-order valence-corrected chi connectivity index (χ4v) is 2.64. The molecule has 116 valence electrons. The largest absolute Gasteiger partial charge is 0.349 e. The van der Waals surface area contributed by atoms with E-state index in [-0.39, 0.29) is 11.5 Å². The van der Waals surface area contributed by atoms with Crippen LogP contribution in [0.3, 0.4) is 0 Å². The summed E-state index contributed by atoms with van der Waals surface area (Å²) in [5, 5.41) is 11.3. The monoisotopic (exact) mass is 301 g/mol. The van der Waals surface area contributed by atoms with Gasteiger partial charge in [0.25, 0.3) is 11.5 Å². The molecule has 1 amide bonds. The molecule has 1 aliphatic carbocycles. The molecule has 0 saturated carbocycles. The number of nitrogens with one attached hydrogen (secondary N) is 1. The number of amides is 1. The van der Waals surface area contributed by atoms with Crippen LogP contribution < -0.4 is 10.9 Å². The average molecular weight is 301 g/mol. The molecule has 7 nitrogen and oxygen atoms in total. The predicted octanol–water partition coefficient (Wildman–Crippen LogP) is 0.204. The van der Waals surface area contributed by atoms with Crippen LogP contribution in [0.5, 0.6) is 0 Å². The number of hydrogen-bond donors (Lipinski definition) is 1. The lowest BCUT2D eigenvalue weighted by Gasteiger charge is -2.07. The Morgan fingerprint density at radius 1 is 1.32 bits per heavy atom. The minimum absolute atomic E-state index is 0.108. The fraction of sp³-hybridized carbons (Fsp3) is 0.467. The molecule has 1 aliphatic rings. The van der Waals surface area contributed by atoms with Gasteiger partial charge in [-0.3, -0.25) is 14.3 Å². The molecule has 2 aromatic heterocycles. The Labute approximate surface area is 128 Å². The third-order valence-corrected chi connectivity index (χ3v) is 3.98. The highest BCUT2D eigenvalue weighted by molar-refractivity contribution is 5.92. The maximum Gasteiger partial charge on any atom is 0.271 e. The molecule has 0 aliphatic heterocycles. The van der Waals surface area contributed by atoms with E-state index in [1.54, 1.807) is 23.9 Å². The number of aryl methyl sites for hydroxylation is 4. The molecule has 22 heavy (non-hydrogen) atoms. The topological polar surface area (TPSA) is 81.8 Å². The van der Waals surface area contributed by atoms with Crippen molar-refractivity contribution >= 4 is 5.91 Å². The lowest BCUT2D eigenvalue weighted by Crippen LogP contribution is -2.32. The van der Waals surface area contributed by atoms with E-state index in [4.69, 9.17) is 0 Å². The second-order valence-corrected chi connectivity index (χ2v) is 5.58. The molecule has 0 radical (unpaired) electrons. The average Bonchev–Trinajstić information content (AvgIpc) is 3.06. The molecule has 2 heterocycles. The molecule has 0 atom stereocenters. The molecule has 0 bridgehead atoms. The molecule has 0 spiro atoms. The van der Waals surface area contributed by atoms with Crippen molar-refractivity contribution in [2.24, 2.45) is 7.05 Å². The molecular formula is C15H19N5O2. The van der Waals surface area contributed by atoms with Crippen LogP contribution in [0.15, 0.2) is 16.9 Å². The van der Waals surface area contributed by atoms with Crippen LogP contribution in [0.1, 0.15) is 33.9 Å². The molecule has 0 fully saturated rings. The second kappa shape index (κ2) is 5.75. The molecular weight excluding hydrogens is 282 g/mol. The van der Waals surface area contributed by atoms with Crippen molar-refractivity contribution in [2.75, 3.05) is 6.54 Å². The van der Waals surface area contributed by atoms with Gasteiger partial charge >= 0.3 is 0 Å². The van der Waals surface area contributed by atoms with E-state index in [2.05, 4.69) is 15.5 Å². The molecule has 2 aromatic rings. The maximum atomic E-state index is 12.0. The van der Waals surface area contributed by atoms with Crippen molar-refractivity contribution in [2.45, 2.75) is 32.7 Å². The Bertz CT molecular complexity index is 755. The van der Waals surface area contributed by atoms with Gasteiger partial charge in [0.1, 0.15) is 5.69 Å². The summed E-state index contributed by atoms with van der Waals surface area (Å²) >= 11 is 0. The van der Waals surface area contributed by atoms with Gasteiger partial charge in [-0.2, -0.15) is 10.2 Å². The number of rotatable bonds is 4. The van der Waals surface area contributed by atoms with E-state index in [0.29, 0.717) is 18.8 Å². The Hall–Kier alpha value is -2.44.